The Labute approximate surface area is 85.5 Å². The van der Waals surface area contributed by atoms with Crippen LogP contribution < -0.4 is 0 Å². The molecule has 0 spiro atoms. The molecule has 0 heterocycles. The topological polar surface area (TPSA) is 34.1 Å². The van der Waals surface area contributed by atoms with Gasteiger partial charge < -0.3 is 0 Å². The number of benzene rings is 1. The van der Waals surface area contributed by atoms with Crippen LogP contribution in [0.2, 0.25) is 0 Å². The van der Waals surface area contributed by atoms with Gasteiger partial charge in [0.1, 0.15) is 0 Å². The average molecular weight is 217 g/mol. The molecule has 0 bridgehead atoms. The van der Waals surface area contributed by atoms with Crippen LogP contribution in [-0.4, -0.2) is 16.4 Å². The van der Waals surface area contributed by atoms with Gasteiger partial charge in [0.15, 0.2) is 11.2 Å². The fourth-order valence-corrected chi connectivity index (χ4v) is 1.08. The van der Waals surface area contributed by atoms with Crippen molar-refractivity contribution >= 4 is 34.2 Å². The third-order valence-corrected chi connectivity index (χ3v) is 2.21. The molecule has 0 fully saturated rings. The van der Waals surface area contributed by atoms with Crippen molar-refractivity contribution < 1.29 is 9.59 Å². The third kappa shape index (κ3) is 2.54. The van der Waals surface area contributed by atoms with E-state index in [-0.39, 0.29) is 0 Å². The van der Waals surface area contributed by atoms with Crippen LogP contribution in [0.25, 0.3) is 0 Å². The van der Waals surface area contributed by atoms with E-state index in [9.17, 15) is 9.59 Å². The zero-order valence-corrected chi connectivity index (χ0v) is 8.05. The first-order valence-corrected chi connectivity index (χ1v) is 4.37. The van der Waals surface area contributed by atoms with Crippen LogP contribution in [-0.2, 0) is 4.79 Å². The monoisotopic (exact) mass is 216 g/mol. The Hall–Kier alpha value is -0.860. The van der Waals surface area contributed by atoms with Gasteiger partial charge in [-0.25, -0.2) is 0 Å². The van der Waals surface area contributed by atoms with Crippen molar-refractivity contribution in [1.82, 2.24) is 0 Å². The summed E-state index contributed by atoms with van der Waals surface area (Å²) in [7, 11) is 0. The first kappa shape index (κ1) is 10.2. The van der Waals surface area contributed by atoms with E-state index in [1.807, 2.05) is 0 Å². The minimum atomic E-state index is -1.29. The molecule has 0 amide bonds. The molecule has 0 N–H and O–H groups in total. The molecule has 1 atom stereocenters. The van der Waals surface area contributed by atoms with Crippen molar-refractivity contribution in [1.29, 1.82) is 0 Å². The normalized spacial score (nSPS) is 12.2. The summed E-state index contributed by atoms with van der Waals surface area (Å²) in [5, 5.41) is -2.14. The second-order valence-corrected chi connectivity index (χ2v) is 3.21. The molecule has 0 saturated heterocycles. The Morgan fingerprint density at radius 3 is 2.15 bits per heavy atom. The Balaban J connectivity index is 2.86. The lowest BCUT2D eigenvalue weighted by Crippen LogP contribution is -2.20. The van der Waals surface area contributed by atoms with E-state index in [4.69, 9.17) is 23.2 Å². The van der Waals surface area contributed by atoms with Crippen LogP contribution in [0.3, 0.4) is 0 Å². The van der Waals surface area contributed by atoms with Gasteiger partial charge in [0.05, 0.1) is 0 Å². The molecule has 1 unspecified atom stereocenters. The van der Waals surface area contributed by atoms with Crippen molar-refractivity contribution in [2.24, 2.45) is 0 Å². The number of carbonyl (C=O) groups excluding carboxylic acids is 2. The molecule has 4 heteroatoms. The van der Waals surface area contributed by atoms with Gasteiger partial charge in [-0.1, -0.05) is 30.3 Å². The van der Waals surface area contributed by atoms with E-state index >= 15 is 0 Å². The van der Waals surface area contributed by atoms with Crippen molar-refractivity contribution in [3.8, 4) is 0 Å². The number of alkyl halides is 1. The standard InChI is InChI=1S/C9H6Cl2O2/c10-7(9(11)13)8(12)6-4-2-1-3-5-6/h1-5,7H. The van der Waals surface area contributed by atoms with Crippen LogP contribution in [0, 0.1) is 0 Å². The van der Waals surface area contributed by atoms with E-state index < -0.39 is 16.4 Å². The minimum absolute atomic E-state index is 0.386. The lowest BCUT2D eigenvalue weighted by molar-refractivity contribution is -0.110. The predicted octanol–water partition coefficient (Wildman–Crippen LogP) is 2.24. The Morgan fingerprint density at radius 1 is 1.15 bits per heavy atom. The summed E-state index contributed by atoms with van der Waals surface area (Å²) in [5.41, 5.74) is 0.386. The highest BCUT2D eigenvalue weighted by molar-refractivity contribution is 6.72. The van der Waals surface area contributed by atoms with E-state index in [1.54, 1.807) is 30.3 Å². The maximum Gasteiger partial charge on any atom is 0.247 e. The summed E-state index contributed by atoms with van der Waals surface area (Å²) in [6.45, 7) is 0. The van der Waals surface area contributed by atoms with E-state index in [0.717, 1.165) is 0 Å². The number of halogens is 2. The van der Waals surface area contributed by atoms with Gasteiger partial charge in [0.2, 0.25) is 5.24 Å². The first-order valence-electron chi connectivity index (χ1n) is 3.55. The molecule has 2 nitrogen and oxygen atoms in total. The quantitative estimate of drug-likeness (QED) is 0.336. The summed E-state index contributed by atoms with van der Waals surface area (Å²) >= 11 is 10.6. The summed E-state index contributed by atoms with van der Waals surface area (Å²) < 4.78 is 0. The summed E-state index contributed by atoms with van der Waals surface area (Å²) in [6.07, 6.45) is 0. The van der Waals surface area contributed by atoms with Crippen LogP contribution >= 0.6 is 23.2 Å². The SMILES string of the molecule is O=C(Cl)C(Cl)C(=O)c1ccccc1. The molecule has 0 saturated carbocycles. The second-order valence-electron chi connectivity index (χ2n) is 2.40. The number of ketones is 1. The van der Waals surface area contributed by atoms with Gasteiger partial charge in [0, 0.05) is 5.56 Å². The highest BCUT2D eigenvalue weighted by atomic mass is 35.5. The third-order valence-electron chi connectivity index (χ3n) is 1.49. The maximum atomic E-state index is 11.3. The molecule has 13 heavy (non-hydrogen) atoms. The minimum Gasteiger partial charge on any atom is -0.292 e. The lowest BCUT2D eigenvalue weighted by atomic mass is 10.1. The van der Waals surface area contributed by atoms with E-state index in [0.29, 0.717) is 5.56 Å². The van der Waals surface area contributed by atoms with Gasteiger partial charge >= 0.3 is 0 Å². The Morgan fingerprint density at radius 2 is 1.69 bits per heavy atom. The summed E-state index contributed by atoms with van der Waals surface area (Å²) in [4.78, 5) is 21.9. The molecule has 0 radical (unpaired) electrons. The fraction of sp³-hybridized carbons (Fsp3) is 0.111. The molecule has 1 rings (SSSR count). The van der Waals surface area contributed by atoms with E-state index in [1.165, 1.54) is 0 Å². The molecule has 1 aromatic carbocycles. The van der Waals surface area contributed by atoms with Crippen LogP contribution in [0.4, 0.5) is 0 Å². The molecule has 0 aliphatic carbocycles. The zero-order valence-electron chi connectivity index (χ0n) is 6.54. The number of hydrogen-bond acceptors (Lipinski definition) is 2. The largest absolute Gasteiger partial charge is 0.292 e. The Kier molecular flexibility index (Phi) is 3.46. The molecule has 0 aromatic heterocycles. The molecular formula is C9H6Cl2O2. The van der Waals surface area contributed by atoms with Crippen molar-refractivity contribution in [3.05, 3.63) is 35.9 Å². The highest BCUT2D eigenvalue weighted by Gasteiger charge is 2.22. The number of hydrogen-bond donors (Lipinski definition) is 0. The van der Waals surface area contributed by atoms with Gasteiger partial charge in [-0.2, -0.15) is 0 Å². The zero-order chi connectivity index (χ0) is 9.84. The maximum absolute atomic E-state index is 11.3. The second kappa shape index (κ2) is 4.40. The van der Waals surface area contributed by atoms with Crippen LogP contribution in [0.5, 0.6) is 0 Å². The average Bonchev–Trinajstić information content (AvgIpc) is 2.17. The van der Waals surface area contributed by atoms with Crippen molar-refractivity contribution in [2.75, 3.05) is 0 Å². The van der Waals surface area contributed by atoms with Crippen LogP contribution in [0.15, 0.2) is 30.3 Å². The van der Waals surface area contributed by atoms with E-state index in [2.05, 4.69) is 0 Å². The van der Waals surface area contributed by atoms with Gasteiger partial charge in [0.25, 0.3) is 0 Å². The lowest BCUT2D eigenvalue weighted by Gasteiger charge is -2.02. The number of carbonyl (C=O) groups is 2. The predicted molar refractivity (Wildman–Crippen MR) is 51.3 cm³/mol. The molecule has 0 aliphatic heterocycles. The highest BCUT2D eigenvalue weighted by Crippen LogP contribution is 2.10. The van der Waals surface area contributed by atoms with Crippen molar-refractivity contribution in [3.63, 3.8) is 0 Å². The molecule has 0 aliphatic rings. The summed E-state index contributed by atoms with van der Waals surface area (Å²) in [6, 6.07) is 8.31. The molecule has 68 valence electrons. The Bertz CT molecular complexity index is 322. The number of Topliss-reactive ketones (excluding diaryl/α,β-unsaturated/α-hetero) is 1. The molecule has 1 aromatic rings. The smallest absolute Gasteiger partial charge is 0.247 e. The van der Waals surface area contributed by atoms with Crippen molar-refractivity contribution in [2.45, 2.75) is 5.38 Å². The van der Waals surface area contributed by atoms with Gasteiger partial charge in [-0.05, 0) is 11.6 Å². The first-order chi connectivity index (χ1) is 6.13. The van der Waals surface area contributed by atoms with Gasteiger partial charge in [-0.15, -0.1) is 11.6 Å². The fourth-order valence-electron chi connectivity index (χ4n) is 0.852. The molecular weight excluding hydrogens is 211 g/mol. The summed E-state index contributed by atoms with van der Waals surface area (Å²) in [5.74, 6) is -0.470. The van der Waals surface area contributed by atoms with Gasteiger partial charge in [-0.3, -0.25) is 9.59 Å². The number of rotatable bonds is 3. The van der Waals surface area contributed by atoms with Crippen LogP contribution in [0.1, 0.15) is 10.4 Å².